The van der Waals surface area contributed by atoms with E-state index in [1.807, 2.05) is 6.07 Å². The van der Waals surface area contributed by atoms with Gasteiger partial charge in [0.15, 0.2) is 0 Å². The van der Waals surface area contributed by atoms with Crippen molar-refractivity contribution in [3.63, 3.8) is 0 Å². The molecule has 2 atom stereocenters. The molecule has 0 radical (unpaired) electrons. The number of carbonyl (C=O) groups excluding carboxylic acids is 1. The van der Waals surface area contributed by atoms with E-state index in [-0.39, 0.29) is 12.2 Å². The lowest BCUT2D eigenvalue weighted by Gasteiger charge is -2.33. The second-order valence-corrected chi connectivity index (χ2v) is 7.80. The van der Waals surface area contributed by atoms with Crippen LogP contribution in [0, 0.1) is 13.8 Å². The van der Waals surface area contributed by atoms with Crippen LogP contribution < -0.4 is 0 Å². The van der Waals surface area contributed by atoms with E-state index in [0.717, 1.165) is 19.4 Å². The molecule has 2 aliphatic rings. The number of fused-ring (bicyclic) bond motifs is 1. The van der Waals surface area contributed by atoms with E-state index in [2.05, 4.69) is 66.1 Å². The first-order chi connectivity index (χ1) is 12.6. The molecule has 136 valence electrons. The van der Waals surface area contributed by atoms with Gasteiger partial charge in [-0.25, -0.2) is 0 Å². The highest BCUT2D eigenvalue weighted by molar-refractivity contribution is 5.84. The van der Waals surface area contributed by atoms with Crippen molar-refractivity contribution in [3.05, 3.63) is 70.8 Å². The average molecular weight is 348 g/mol. The molecule has 1 amide bonds. The Morgan fingerprint density at radius 3 is 2.54 bits per heavy atom. The Balaban J connectivity index is 1.62. The summed E-state index contributed by atoms with van der Waals surface area (Å²) in [5, 5.41) is 0. The third-order valence-electron chi connectivity index (χ3n) is 6.04. The first-order valence-corrected chi connectivity index (χ1v) is 9.80. The van der Waals surface area contributed by atoms with E-state index >= 15 is 0 Å². The third-order valence-corrected chi connectivity index (χ3v) is 6.04. The van der Waals surface area contributed by atoms with Crippen LogP contribution in [0.25, 0.3) is 0 Å². The van der Waals surface area contributed by atoms with Crippen molar-refractivity contribution in [2.75, 3.05) is 6.54 Å². The molecule has 2 saturated heterocycles. The molecule has 2 heterocycles. The summed E-state index contributed by atoms with van der Waals surface area (Å²) in [6, 6.07) is 17.2. The monoisotopic (exact) mass is 348 g/mol. The fraction of sp³-hybridized carbons (Fsp3) is 0.435. The highest BCUT2D eigenvalue weighted by Crippen LogP contribution is 2.32. The Hall–Kier alpha value is -2.13. The molecule has 0 N–H and O–H groups in total. The number of amides is 1. The Morgan fingerprint density at radius 2 is 1.77 bits per heavy atom. The average Bonchev–Trinajstić information content (AvgIpc) is 2.92. The van der Waals surface area contributed by atoms with Crippen molar-refractivity contribution in [1.82, 2.24) is 9.80 Å². The molecule has 26 heavy (non-hydrogen) atoms. The highest BCUT2D eigenvalue weighted by Gasteiger charge is 2.46. The predicted octanol–water partition coefficient (Wildman–Crippen LogP) is 4.07. The van der Waals surface area contributed by atoms with Crippen LogP contribution in [0.5, 0.6) is 0 Å². The molecule has 3 nitrogen and oxygen atoms in total. The summed E-state index contributed by atoms with van der Waals surface area (Å²) in [7, 11) is 0. The lowest BCUT2D eigenvalue weighted by Crippen LogP contribution is -2.44. The van der Waals surface area contributed by atoms with E-state index in [1.165, 1.54) is 35.1 Å². The van der Waals surface area contributed by atoms with Crippen LogP contribution in [-0.2, 0) is 17.8 Å². The van der Waals surface area contributed by atoms with Crippen LogP contribution in [0.3, 0.4) is 0 Å². The number of aryl methyl sites for hydroxylation is 2. The van der Waals surface area contributed by atoms with E-state index in [9.17, 15) is 4.79 Å². The Bertz CT molecular complexity index is 786. The minimum Gasteiger partial charge on any atom is -0.321 e. The first-order valence-electron chi connectivity index (χ1n) is 9.80. The van der Waals surface area contributed by atoms with Gasteiger partial charge >= 0.3 is 0 Å². The largest absolute Gasteiger partial charge is 0.321 e. The number of carbonyl (C=O) groups is 1. The standard InChI is InChI=1S/C23H28N2O/c1-17-11-12-20(14-18(17)2)15-22-24-13-7-6-10-21(24)23(26)25(22)16-19-8-4-3-5-9-19/h3-5,8-9,11-12,14,21-22H,6-7,10,13,15-16H2,1-2H3/t21?,22-/m1/s1. The molecule has 0 spiro atoms. The maximum absolute atomic E-state index is 13.2. The second kappa shape index (κ2) is 7.24. The topological polar surface area (TPSA) is 23.6 Å². The number of hydrogen-bond acceptors (Lipinski definition) is 2. The van der Waals surface area contributed by atoms with Crippen LogP contribution in [0.2, 0.25) is 0 Å². The number of hydrogen-bond donors (Lipinski definition) is 0. The number of nitrogens with zero attached hydrogens (tertiary/aromatic N) is 2. The minimum atomic E-state index is 0.0870. The molecular weight excluding hydrogens is 320 g/mol. The zero-order valence-electron chi connectivity index (χ0n) is 15.8. The van der Waals surface area contributed by atoms with Gasteiger partial charge in [0.2, 0.25) is 5.91 Å². The van der Waals surface area contributed by atoms with Gasteiger partial charge < -0.3 is 4.90 Å². The summed E-state index contributed by atoms with van der Waals surface area (Å²) >= 11 is 0. The second-order valence-electron chi connectivity index (χ2n) is 7.80. The van der Waals surface area contributed by atoms with Gasteiger partial charge in [-0.15, -0.1) is 0 Å². The summed E-state index contributed by atoms with van der Waals surface area (Å²) in [4.78, 5) is 17.7. The van der Waals surface area contributed by atoms with Crippen molar-refractivity contribution in [2.45, 2.75) is 58.3 Å². The molecule has 3 heteroatoms. The van der Waals surface area contributed by atoms with E-state index < -0.39 is 0 Å². The van der Waals surface area contributed by atoms with Gasteiger partial charge in [0.1, 0.15) is 0 Å². The molecule has 2 aromatic rings. The Morgan fingerprint density at radius 1 is 0.962 bits per heavy atom. The van der Waals surface area contributed by atoms with E-state index in [0.29, 0.717) is 12.5 Å². The van der Waals surface area contributed by atoms with Crippen molar-refractivity contribution < 1.29 is 4.79 Å². The number of benzene rings is 2. The fourth-order valence-electron chi connectivity index (χ4n) is 4.43. The van der Waals surface area contributed by atoms with Crippen LogP contribution in [0.1, 0.15) is 41.5 Å². The summed E-state index contributed by atoms with van der Waals surface area (Å²) in [5.41, 5.74) is 5.20. The van der Waals surface area contributed by atoms with Crippen LogP contribution in [-0.4, -0.2) is 34.5 Å². The lowest BCUT2D eigenvalue weighted by atomic mass is 10.0. The van der Waals surface area contributed by atoms with Gasteiger partial charge in [-0.3, -0.25) is 9.69 Å². The maximum Gasteiger partial charge on any atom is 0.241 e. The predicted molar refractivity (Wildman–Crippen MR) is 105 cm³/mol. The smallest absolute Gasteiger partial charge is 0.241 e. The van der Waals surface area contributed by atoms with Crippen molar-refractivity contribution in [1.29, 1.82) is 0 Å². The van der Waals surface area contributed by atoms with Gasteiger partial charge in [0.05, 0.1) is 12.2 Å². The third kappa shape index (κ3) is 3.28. The van der Waals surface area contributed by atoms with Crippen molar-refractivity contribution >= 4 is 5.91 Å². The van der Waals surface area contributed by atoms with Crippen LogP contribution in [0.15, 0.2) is 48.5 Å². The first kappa shape index (κ1) is 17.3. The number of piperidine rings is 1. The van der Waals surface area contributed by atoms with Crippen molar-refractivity contribution in [2.24, 2.45) is 0 Å². The molecule has 0 aliphatic carbocycles. The summed E-state index contributed by atoms with van der Waals surface area (Å²) in [6.07, 6.45) is 4.47. The SMILES string of the molecule is Cc1ccc(C[C@H]2N(Cc3ccccc3)C(=O)C3CCCCN32)cc1C. The summed E-state index contributed by atoms with van der Waals surface area (Å²) in [6.45, 7) is 6.07. The van der Waals surface area contributed by atoms with Crippen molar-refractivity contribution in [3.8, 4) is 0 Å². The molecule has 4 rings (SSSR count). The maximum atomic E-state index is 13.2. The molecule has 2 aromatic carbocycles. The molecule has 0 saturated carbocycles. The van der Waals surface area contributed by atoms with Gasteiger partial charge in [-0.1, -0.05) is 55.0 Å². The fourth-order valence-corrected chi connectivity index (χ4v) is 4.43. The molecule has 2 aliphatic heterocycles. The summed E-state index contributed by atoms with van der Waals surface area (Å²) < 4.78 is 0. The Labute approximate surface area is 156 Å². The van der Waals surface area contributed by atoms with E-state index in [1.54, 1.807) is 0 Å². The molecule has 1 unspecified atom stereocenters. The van der Waals surface area contributed by atoms with Gasteiger partial charge in [0.25, 0.3) is 0 Å². The molecule has 2 fully saturated rings. The lowest BCUT2D eigenvalue weighted by molar-refractivity contribution is -0.130. The minimum absolute atomic E-state index is 0.0870. The molecule has 0 bridgehead atoms. The van der Waals surface area contributed by atoms with Gasteiger partial charge in [-0.2, -0.15) is 0 Å². The molecule has 0 aromatic heterocycles. The van der Waals surface area contributed by atoms with Crippen LogP contribution >= 0.6 is 0 Å². The van der Waals surface area contributed by atoms with Gasteiger partial charge in [-0.05, 0) is 48.9 Å². The number of rotatable bonds is 4. The zero-order valence-corrected chi connectivity index (χ0v) is 15.8. The zero-order chi connectivity index (χ0) is 18.1. The van der Waals surface area contributed by atoms with Crippen LogP contribution in [0.4, 0.5) is 0 Å². The summed E-state index contributed by atoms with van der Waals surface area (Å²) in [5.74, 6) is 0.322. The normalized spacial score (nSPS) is 23.3. The Kier molecular flexibility index (Phi) is 4.82. The molecular formula is C23H28N2O. The quantitative estimate of drug-likeness (QED) is 0.831. The van der Waals surface area contributed by atoms with Gasteiger partial charge in [0, 0.05) is 19.5 Å². The highest BCUT2D eigenvalue weighted by atomic mass is 16.2. The van der Waals surface area contributed by atoms with E-state index in [4.69, 9.17) is 0 Å².